The molecule has 1 aromatic rings. The molecule has 2 heteroatoms. The van der Waals surface area contributed by atoms with Crippen molar-refractivity contribution in [2.45, 2.75) is 32.1 Å². The van der Waals surface area contributed by atoms with Crippen LogP contribution in [0.15, 0.2) is 6.07 Å². The lowest BCUT2D eigenvalue weighted by atomic mass is 9.98. The zero-order valence-electron chi connectivity index (χ0n) is 8.10. The van der Waals surface area contributed by atoms with Crippen LogP contribution in [0, 0.1) is 0 Å². The monoisotopic (exact) mass is 187 g/mol. The van der Waals surface area contributed by atoms with Crippen molar-refractivity contribution >= 4 is 11.5 Å². The van der Waals surface area contributed by atoms with Gasteiger partial charge in [-0.2, -0.15) is 0 Å². The Morgan fingerprint density at radius 3 is 2.64 bits per heavy atom. The Hall–Kier alpha value is -1.31. The number of anilines is 1. The molecule has 0 spiro atoms. The van der Waals surface area contributed by atoms with E-state index >= 15 is 0 Å². The highest BCUT2D eigenvalue weighted by molar-refractivity contribution is 6.02. The number of hydrogen-bond donors (Lipinski definition) is 1. The molecule has 0 amide bonds. The van der Waals surface area contributed by atoms with Crippen molar-refractivity contribution in [1.29, 1.82) is 0 Å². The first-order valence-corrected chi connectivity index (χ1v) is 5.23. The van der Waals surface area contributed by atoms with E-state index in [-0.39, 0.29) is 5.78 Å². The van der Waals surface area contributed by atoms with E-state index in [1.165, 1.54) is 23.1 Å². The van der Waals surface area contributed by atoms with Crippen LogP contribution in [-0.2, 0) is 19.3 Å². The van der Waals surface area contributed by atoms with Gasteiger partial charge in [-0.3, -0.25) is 4.79 Å². The summed E-state index contributed by atoms with van der Waals surface area (Å²) < 4.78 is 0. The third-order valence-electron chi connectivity index (χ3n) is 3.46. The van der Waals surface area contributed by atoms with Crippen LogP contribution in [0.1, 0.15) is 39.9 Å². The van der Waals surface area contributed by atoms with Crippen LogP contribution >= 0.6 is 0 Å². The Bertz CT molecular complexity index is 434. The van der Waals surface area contributed by atoms with Crippen LogP contribution in [-0.4, -0.2) is 5.78 Å². The number of carbonyl (C=O) groups is 1. The van der Waals surface area contributed by atoms with Crippen LogP contribution < -0.4 is 5.73 Å². The zero-order chi connectivity index (χ0) is 9.71. The molecule has 0 saturated carbocycles. The average Bonchev–Trinajstić information content (AvgIpc) is 2.74. The van der Waals surface area contributed by atoms with Gasteiger partial charge in [-0.25, -0.2) is 0 Å². The first-order valence-electron chi connectivity index (χ1n) is 5.23. The molecule has 0 fully saturated rings. The highest BCUT2D eigenvalue weighted by atomic mass is 16.1. The SMILES string of the molecule is Nc1cc2c(c3c1CCC3)CCC2=O. The second kappa shape index (κ2) is 2.59. The maximum atomic E-state index is 11.6. The molecule has 2 N–H and O–H groups in total. The molecule has 0 heterocycles. The number of benzene rings is 1. The summed E-state index contributed by atoms with van der Waals surface area (Å²) in [6.07, 6.45) is 5.05. The highest BCUT2D eigenvalue weighted by Crippen LogP contribution is 2.36. The van der Waals surface area contributed by atoms with E-state index in [2.05, 4.69) is 0 Å². The summed E-state index contributed by atoms with van der Waals surface area (Å²) in [6.45, 7) is 0. The topological polar surface area (TPSA) is 43.1 Å². The number of rotatable bonds is 0. The van der Waals surface area contributed by atoms with Crippen LogP contribution in [0.2, 0.25) is 0 Å². The van der Waals surface area contributed by atoms with Crippen LogP contribution in [0.25, 0.3) is 0 Å². The minimum Gasteiger partial charge on any atom is -0.398 e. The van der Waals surface area contributed by atoms with Gasteiger partial charge in [0.25, 0.3) is 0 Å². The van der Waals surface area contributed by atoms with Gasteiger partial charge >= 0.3 is 0 Å². The molecule has 0 unspecified atom stereocenters. The van der Waals surface area contributed by atoms with Crippen LogP contribution in [0.3, 0.4) is 0 Å². The van der Waals surface area contributed by atoms with Gasteiger partial charge in [0, 0.05) is 17.7 Å². The lowest BCUT2D eigenvalue weighted by Gasteiger charge is -2.09. The van der Waals surface area contributed by atoms with Gasteiger partial charge < -0.3 is 5.73 Å². The van der Waals surface area contributed by atoms with Gasteiger partial charge in [-0.1, -0.05) is 0 Å². The van der Waals surface area contributed by atoms with Crippen molar-refractivity contribution in [3.63, 3.8) is 0 Å². The second-order valence-electron chi connectivity index (χ2n) is 4.23. The number of carbonyl (C=O) groups excluding carboxylic acids is 1. The zero-order valence-corrected chi connectivity index (χ0v) is 8.10. The molecule has 0 aliphatic heterocycles. The Kier molecular flexibility index (Phi) is 1.49. The van der Waals surface area contributed by atoms with Gasteiger partial charge in [-0.05, 0) is 48.4 Å². The van der Waals surface area contributed by atoms with E-state index in [0.29, 0.717) is 6.42 Å². The van der Waals surface area contributed by atoms with Crippen LogP contribution in [0.4, 0.5) is 5.69 Å². The number of fused-ring (bicyclic) bond motifs is 3. The first-order chi connectivity index (χ1) is 6.77. The average molecular weight is 187 g/mol. The minimum atomic E-state index is 0.279. The standard InChI is InChI=1S/C12H13NO/c13-11-6-10-8(4-5-12(10)14)7-2-1-3-9(7)11/h6H,1-5,13H2. The van der Waals surface area contributed by atoms with Crippen molar-refractivity contribution in [2.75, 3.05) is 5.73 Å². The molecule has 3 rings (SSSR count). The number of nitrogens with two attached hydrogens (primary N) is 1. The first kappa shape index (κ1) is 8.04. The Balaban J connectivity index is 2.31. The third kappa shape index (κ3) is 0.884. The quantitative estimate of drug-likeness (QED) is 0.630. The summed E-state index contributed by atoms with van der Waals surface area (Å²) in [4.78, 5) is 11.6. The van der Waals surface area contributed by atoms with Crippen molar-refractivity contribution < 1.29 is 4.79 Å². The molecule has 1 aromatic carbocycles. The van der Waals surface area contributed by atoms with Gasteiger partial charge in [0.1, 0.15) is 0 Å². The molecule has 0 aromatic heterocycles. The van der Waals surface area contributed by atoms with Gasteiger partial charge in [0.15, 0.2) is 5.78 Å². The second-order valence-corrected chi connectivity index (χ2v) is 4.23. The number of Topliss-reactive ketones (excluding diaryl/α,β-unsaturated/α-hetero) is 1. The van der Waals surface area contributed by atoms with Crippen molar-refractivity contribution in [3.8, 4) is 0 Å². The molecule has 72 valence electrons. The Morgan fingerprint density at radius 2 is 1.79 bits per heavy atom. The van der Waals surface area contributed by atoms with E-state index in [0.717, 1.165) is 30.5 Å². The molecule has 0 atom stereocenters. The van der Waals surface area contributed by atoms with E-state index in [1.807, 2.05) is 6.07 Å². The number of ketones is 1. The fourth-order valence-electron chi connectivity index (χ4n) is 2.80. The summed E-state index contributed by atoms with van der Waals surface area (Å²) >= 11 is 0. The fraction of sp³-hybridized carbons (Fsp3) is 0.417. The largest absolute Gasteiger partial charge is 0.398 e. The van der Waals surface area contributed by atoms with Gasteiger partial charge in [-0.15, -0.1) is 0 Å². The molecule has 2 nitrogen and oxygen atoms in total. The summed E-state index contributed by atoms with van der Waals surface area (Å²) in [5.74, 6) is 0.279. The van der Waals surface area contributed by atoms with E-state index in [4.69, 9.17) is 5.73 Å². The molecular weight excluding hydrogens is 174 g/mol. The van der Waals surface area contributed by atoms with Gasteiger partial charge in [0.05, 0.1) is 0 Å². The normalized spacial score (nSPS) is 18.4. The number of nitrogen functional groups attached to an aromatic ring is 1. The van der Waals surface area contributed by atoms with E-state index in [1.54, 1.807) is 0 Å². The molecule has 0 radical (unpaired) electrons. The van der Waals surface area contributed by atoms with Crippen molar-refractivity contribution in [3.05, 3.63) is 28.3 Å². The molecule has 0 bridgehead atoms. The minimum absolute atomic E-state index is 0.279. The molecule has 14 heavy (non-hydrogen) atoms. The molecule has 2 aliphatic carbocycles. The van der Waals surface area contributed by atoms with E-state index in [9.17, 15) is 4.79 Å². The summed E-state index contributed by atoms with van der Waals surface area (Å²) in [5, 5.41) is 0. The molecular formula is C12H13NO. The van der Waals surface area contributed by atoms with E-state index < -0.39 is 0 Å². The lowest BCUT2D eigenvalue weighted by molar-refractivity contribution is 0.0994. The smallest absolute Gasteiger partial charge is 0.163 e. The maximum absolute atomic E-state index is 11.6. The van der Waals surface area contributed by atoms with Crippen molar-refractivity contribution in [1.82, 2.24) is 0 Å². The van der Waals surface area contributed by atoms with Crippen molar-refractivity contribution in [2.24, 2.45) is 0 Å². The number of hydrogen-bond acceptors (Lipinski definition) is 2. The highest BCUT2D eigenvalue weighted by Gasteiger charge is 2.27. The molecule has 2 aliphatic rings. The fourth-order valence-corrected chi connectivity index (χ4v) is 2.80. The Morgan fingerprint density at radius 1 is 1.00 bits per heavy atom. The third-order valence-corrected chi connectivity index (χ3v) is 3.46. The predicted octanol–water partition coefficient (Wildman–Crippen LogP) is 1.89. The van der Waals surface area contributed by atoms with Crippen LogP contribution in [0.5, 0.6) is 0 Å². The predicted molar refractivity (Wildman–Crippen MR) is 55.5 cm³/mol. The summed E-state index contributed by atoms with van der Waals surface area (Å²) in [7, 11) is 0. The Labute approximate surface area is 83.1 Å². The maximum Gasteiger partial charge on any atom is 0.163 e. The summed E-state index contributed by atoms with van der Waals surface area (Å²) in [6, 6.07) is 1.90. The summed E-state index contributed by atoms with van der Waals surface area (Å²) in [5.41, 5.74) is 11.7. The lowest BCUT2D eigenvalue weighted by Crippen LogP contribution is -2.00. The molecule has 0 saturated heterocycles. The van der Waals surface area contributed by atoms with Gasteiger partial charge in [0.2, 0.25) is 0 Å².